The normalized spacial score (nSPS) is 11.2. The van der Waals surface area contributed by atoms with Gasteiger partial charge in [-0.15, -0.1) is 0 Å². The number of carbonyl (C=O) groups excluding carboxylic acids is 1. The fourth-order valence-corrected chi connectivity index (χ4v) is 2.74. The molecule has 0 amide bonds. The maximum Gasteiger partial charge on any atom is 0.175 e. The summed E-state index contributed by atoms with van der Waals surface area (Å²) < 4.78 is 29.2. The van der Waals surface area contributed by atoms with Gasteiger partial charge in [-0.2, -0.15) is 0 Å². The topological polar surface area (TPSA) is 60.4 Å². The summed E-state index contributed by atoms with van der Waals surface area (Å²) in [6, 6.07) is 11.2. The van der Waals surface area contributed by atoms with E-state index in [1.807, 2.05) is 0 Å². The zero-order chi connectivity index (χ0) is 15.6. The summed E-state index contributed by atoms with van der Waals surface area (Å²) in [7, 11) is -3.24. The van der Waals surface area contributed by atoms with Crippen LogP contribution in [0, 0.1) is 0 Å². The largest absolute Gasteiger partial charge is 0.457 e. The molecule has 0 N–H and O–H groups in total. The number of halogens is 1. The van der Waals surface area contributed by atoms with E-state index in [-0.39, 0.29) is 10.7 Å². The molecule has 0 spiro atoms. The highest BCUT2D eigenvalue weighted by Gasteiger charge is 2.11. The lowest BCUT2D eigenvalue weighted by atomic mass is 10.1. The molecule has 0 saturated heterocycles. The molecule has 0 radical (unpaired) electrons. The Bertz CT molecular complexity index is 780. The van der Waals surface area contributed by atoms with Crippen molar-refractivity contribution in [2.45, 2.75) is 11.8 Å². The Balaban J connectivity index is 2.33. The SMILES string of the molecule is CC(=O)c1cc(Br)ccc1Oc1ccc(S(C)(=O)=O)cc1. The van der Waals surface area contributed by atoms with E-state index in [0.717, 1.165) is 10.7 Å². The Morgan fingerprint density at radius 2 is 1.71 bits per heavy atom. The van der Waals surface area contributed by atoms with Gasteiger partial charge < -0.3 is 4.74 Å². The molecule has 0 bridgehead atoms. The minimum absolute atomic E-state index is 0.112. The molecule has 0 saturated carbocycles. The Morgan fingerprint density at radius 3 is 2.24 bits per heavy atom. The number of hydrogen-bond donors (Lipinski definition) is 0. The molecule has 110 valence electrons. The molecule has 0 aliphatic rings. The molecule has 2 rings (SSSR count). The maximum atomic E-state index is 11.6. The second-order valence-corrected chi connectivity index (χ2v) is 7.47. The van der Waals surface area contributed by atoms with E-state index in [1.54, 1.807) is 30.3 Å². The summed E-state index contributed by atoms with van der Waals surface area (Å²) in [6.45, 7) is 1.46. The average Bonchev–Trinajstić information content (AvgIpc) is 2.40. The molecular formula is C15H13BrO4S. The van der Waals surface area contributed by atoms with E-state index in [0.29, 0.717) is 17.1 Å². The van der Waals surface area contributed by atoms with Gasteiger partial charge in [-0.25, -0.2) is 8.42 Å². The van der Waals surface area contributed by atoms with Gasteiger partial charge in [0.1, 0.15) is 11.5 Å². The number of hydrogen-bond acceptors (Lipinski definition) is 4. The van der Waals surface area contributed by atoms with Crippen LogP contribution in [0.2, 0.25) is 0 Å². The molecule has 2 aromatic carbocycles. The van der Waals surface area contributed by atoms with E-state index in [2.05, 4.69) is 15.9 Å². The van der Waals surface area contributed by atoms with Crippen molar-refractivity contribution < 1.29 is 17.9 Å². The predicted octanol–water partition coefficient (Wildman–Crippen LogP) is 3.85. The van der Waals surface area contributed by atoms with Crippen LogP contribution in [0.25, 0.3) is 0 Å². The summed E-state index contributed by atoms with van der Waals surface area (Å²) in [5.74, 6) is 0.782. The van der Waals surface area contributed by atoms with Gasteiger partial charge in [-0.3, -0.25) is 4.79 Å². The quantitative estimate of drug-likeness (QED) is 0.769. The molecule has 0 aromatic heterocycles. The first-order chi connectivity index (χ1) is 9.77. The summed E-state index contributed by atoms with van der Waals surface area (Å²) >= 11 is 3.31. The minimum Gasteiger partial charge on any atom is -0.457 e. The van der Waals surface area contributed by atoms with E-state index in [1.165, 1.54) is 19.1 Å². The number of ketones is 1. The molecule has 4 nitrogen and oxygen atoms in total. The molecule has 0 aliphatic carbocycles. The van der Waals surface area contributed by atoms with E-state index in [4.69, 9.17) is 4.74 Å². The van der Waals surface area contributed by atoms with Crippen LogP contribution in [0.1, 0.15) is 17.3 Å². The summed E-state index contributed by atoms with van der Waals surface area (Å²) in [4.78, 5) is 11.8. The lowest BCUT2D eigenvalue weighted by molar-refractivity contribution is 0.101. The third-order valence-electron chi connectivity index (χ3n) is 2.80. The highest BCUT2D eigenvalue weighted by atomic mass is 79.9. The zero-order valence-corrected chi connectivity index (χ0v) is 13.9. The number of benzene rings is 2. The van der Waals surface area contributed by atoms with Crippen LogP contribution in [0.5, 0.6) is 11.5 Å². The first-order valence-corrected chi connectivity index (χ1v) is 8.74. The van der Waals surface area contributed by atoms with Crippen LogP contribution in [-0.2, 0) is 9.84 Å². The molecule has 0 aliphatic heterocycles. The van der Waals surface area contributed by atoms with Crippen molar-refractivity contribution in [3.8, 4) is 11.5 Å². The predicted molar refractivity (Wildman–Crippen MR) is 83.8 cm³/mol. The average molecular weight is 369 g/mol. The highest BCUT2D eigenvalue weighted by Crippen LogP contribution is 2.29. The highest BCUT2D eigenvalue weighted by molar-refractivity contribution is 9.10. The van der Waals surface area contributed by atoms with Crippen molar-refractivity contribution in [3.63, 3.8) is 0 Å². The first kappa shape index (κ1) is 15.7. The van der Waals surface area contributed by atoms with Gasteiger partial charge in [-0.1, -0.05) is 15.9 Å². The van der Waals surface area contributed by atoms with Crippen molar-refractivity contribution in [1.82, 2.24) is 0 Å². The van der Waals surface area contributed by atoms with Gasteiger partial charge >= 0.3 is 0 Å². The van der Waals surface area contributed by atoms with Crippen molar-refractivity contribution in [1.29, 1.82) is 0 Å². The van der Waals surface area contributed by atoms with E-state index < -0.39 is 9.84 Å². The summed E-state index contributed by atoms with van der Waals surface area (Å²) in [5, 5.41) is 0. The molecule has 21 heavy (non-hydrogen) atoms. The van der Waals surface area contributed by atoms with Crippen LogP contribution in [0.4, 0.5) is 0 Å². The van der Waals surface area contributed by atoms with Crippen LogP contribution >= 0.6 is 15.9 Å². The summed E-state index contributed by atoms with van der Waals surface area (Å²) in [5.41, 5.74) is 0.455. The second kappa shape index (κ2) is 5.99. The molecule has 0 heterocycles. The fraction of sp³-hybridized carbons (Fsp3) is 0.133. The Morgan fingerprint density at radius 1 is 1.10 bits per heavy atom. The first-order valence-electron chi connectivity index (χ1n) is 6.06. The minimum atomic E-state index is -3.24. The van der Waals surface area contributed by atoms with Gasteiger partial charge in [0.2, 0.25) is 0 Å². The third kappa shape index (κ3) is 3.92. The van der Waals surface area contributed by atoms with Crippen molar-refractivity contribution in [2.24, 2.45) is 0 Å². The van der Waals surface area contributed by atoms with Gasteiger partial charge in [0.15, 0.2) is 15.6 Å². The molecule has 0 unspecified atom stereocenters. The lowest BCUT2D eigenvalue weighted by Crippen LogP contribution is -1.98. The lowest BCUT2D eigenvalue weighted by Gasteiger charge is -2.10. The van der Waals surface area contributed by atoms with Gasteiger partial charge in [0.05, 0.1) is 10.5 Å². The Hall–Kier alpha value is -1.66. The number of ether oxygens (including phenoxy) is 1. The van der Waals surface area contributed by atoms with Crippen molar-refractivity contribution in [2.75, 3.05) is 6.26 Å². The van der Waals surface area contributed by atoms with Gasteiger partial charge in [0, 0.05) is 10.7 Å². The molecule has 6 heteroatoms. The van der Waals surface area contributed by atoms with E-state index in [9.17, 15) is 13.2 Å². The van der Waals surface area contributed by atoms with Crippen LogP contribution in [-0.4, -0.2) is 20.5 Å². The molecular weight excluding hydrogens is 356 g/mol. The maximum absolute atomic E-state index is 11.6. The standard InChI is InChI=1S/C15H13BrO4S/c1-10(17)14-9-11(16)3-8-15(14)20-12-4-6-13(7-5-12)21(2,18)19/h3-9H,1-2H3. The Kier molecular flexibility index (Phi) is 4.49. The number of rotatable bonds is 4. The van der Waals surface area contributed by atoms with Crippen LogP contribution < -0.4 is 4.74 Å². The third-order valence-corrected chi connectivity index (χ3v) is 4.42. The second-order valence-electron chi connectivity index (χ2n) is 4.54. The van der Waals surface area contributed by atoms with Crippen molar-refractivity contribution >= 4 is 31.6 Å². The smallest absolute Gasteiger partial charge is 0.175 e. The van der Waals surface area contributed by atoms with Crippen LogP contribution in [0.15, 0.2) is 51.8 Å². The number of carbonyl (C=O) groups is 1. The van der Waals surface area contributed by atoms with Crippen LogP contribution in [0.3, 0.4) is 0 Å². The molecule has 2 aromatic rings. The van der Waals surface area contributed by atoms with Crippen molar-refractivity contribution in [3.05, 3.63) is 52.5 Å². The van der Waals surface area contributed by atoms with Gasteiger partial charge in [-0.05, 0) is 49.4 Å². The van der Waals surface area contributed by atoms with E-state index >= 15 is 0 Å². The number of Topliss-reactive ketones (excluding diaryl/α,β-unsaturated/α-hetero) is 1. The summed E-state index contributed by atoms with van der Waals surface area (Å²) in [6.07, 6.45) is 1.14. The fourth-order valence-electron chi connectivity index (χ4n) is 1.75. The monoisotopic (exact) mass is 368 g/mol. The molecule has 0 fully saturated rings. The zero-order valence-electron chi connectivity index (χ0n) is 11.5. The number of sulfone groups is 1. The molecule has 0 atom stereocenters. The Labute approximate surface area is 131 Å². The van der Waals surface area contributed by atoms with Gasteiger partial charge in [0.25, 0.3) is 0 Å².